The molecule has 4 atom stereocenters. The monoisotopic (exact) mass is 572 g/mol. The number of nitrogens with two attached hydrogens (primary N) is 1. The first-order valence-electron chi connectivity index (χ1n) is 13.8. The maximum Gasteiger partial charge on any atom is 0.407 e. The van der Waals surface area contributed by atoms with E-state index in [0.29, 0.717) is 29.5 Å². The van der Waals surface area contributed by atoms with Gasteiger partial charge in [-0.05, 0) is 44.6 Å². The van der Waals surface area contributed by atoms with E-state index in [1.54, 1.807) is 30.1 Å². The van der Waals surface area contributed by atoms with Gasteiger partial charge in [-0.25, -0.2) is 23.4 Å². The molecule has 3 aromatic rings. The number of carbonyl (C=O) groups excluding carboxylic acids is 2. The lowest BCUT2D eigenvalue weighted by atomic mass is 10.0. The zero-order valence-electron chi connectivity index (χ0n) is 23.7. The molecule has 0 aromatic carbocycles. The molecule has 5 rings (SSSR count). The van der Waals surface area contributed by atoms with Crippen LogP contribution >= 0.6 is 0 Å². The maximum absolute atomic E-state index is 15.0. The topological polar surface area (TPSA) is 160 Å². The molecule has 3 heterocycles. The molecule has 2 fully saturated rings. The summed E-state index contributed by atoms with van der Waals surface area (Å²) in [6.45, 7) is 5.71. The second kappa shape index (κ2) is 11.6. The van der Waals surface area contributed by atoms with Crippen LogP contribution in [0.2, 0.25) is 0 Å². The van der Waals surface area contributed by atoms with Gasteiger partial charge in [0.25, 0.3) is 0 Å². The van der Waals surface area contributed by atoms with Crippen LogP contribution in [0.1, 0.15) is 63.8 Å². The van der Waals surface area contributed by atoms with Gasteiger partial charge in [-0.2, -0.15) is 10.2 Å². The number of methoxy groups -OCH3 is 1. The van der Waals surface area contributed by atoms with E-state index in [1.807, 2.05) is 26.8 Å². The van der Waals surface area contributed by atoms with Crippen LogP contribution in [0.25, 0.3) is 5.52 Å². The van der Waals surface area contributed by atoms with E-state index in [1.165, 1.54) is 4.68 Å². The second-order valence-electron chi connectivity index (χ2n) is 11.4. The van der Waals surface area contributed by atoms with Crippen molar-refractivity contribution >= 4 is 29.2 Å². The van der Waals surface area contributed by atoms with Gasteiger partial charge in [-0.3, -0.25) is 4.79 Å². The standard InChI is InChI=1S/C27H37FN8O5/c1-15(2)23(29)25(37)40-14-36-22(31-24-20-11-17(13-39-4)33-35(20)8-7-30-24)12-19(34-36)16-9-18(28)21(10-16)41-26(38)32-27(3)5-6-27/h7-8,11-12,15-16,18,21,23H,5-6,9-10,13-14,29H2,1-4H3,(H,30,31)(H,32,38)/t16-,18+,21-,23-/m0/s1. The van der Waals surface area contributed by atoms with Gasteiger partial charge in [-0.15, -0.1) is 0 Å². The molecule has 3 aromatic heterocycles. The van der Waals surface area contributed by atoms with Gasteiger partial charge in [0, 0.05) is 37.0 Å². The van der Waals surface area contributed by atoms with Gasteiger partial charge in [0.1, 0.15) is 29.7 Å². The molecule has 13 nitrogen and oxygen atoms in total. The number of carbonyl (C=O) groups is 2. The predicted octanol–water partition coefficient (Wildman–Crippen LogP) is 3.16. The number of fused-ring (bicyclic) bond motifs is 1. The largest absolute Gasteiger partial charge is 0.443 e. The summed E-state index contributed by atoms with van der Waals surface area (Å²) in [7, 11) is 1.59. The summed E-state index contributed by atoms with van der Waals surface area (Å²) in [6.07, 6.45) is 2.67. The van der Waals surface area contributed by atoms with Crippen molar-refractivity contribution in [1.82, 2.24) is 29.7 Å². The molecule has 14 heteroatoms. The number of nitrogens with one attached hydrogen (secondary N) is 2. The summed E-state index contributed by atoms with van der Waals surface area (Å²) in [4.78, 5) is 29.2. The van der Waals surface area contributed by atoms with E-state index in [2.05, 4.69) is 25.8 Å². The molecule has 0 radical (unpaired) electrons. The van der Waals surface area contributed by atoms with Crippen molar-refractivity contribution in [2.75, 3.05) is 12.4 Å². The lowest BCUT2D eigenvalue weighted by Crippen LogP contribution is -2.38. The molecular formula is C27H37FN8O5. The zero-order chi connectivity index (χ0) is 29.3. The van der Waals surface area contributed by atoms with Crippen molar-refractivity contribution in [2.24, 2.45) is 11.7 Å². The molecule has 41 heavy (non-hydrogen) atoms. The minimum Gasteiger partial charge on any atom is -0.443 e. The first kappa shape index (κ1) is 28.7. The van der Waals surface area contributed by atoms with Gasteiger partial charge in [0.05, 0.1) is 18.0 Å². The van der Waals surface area contributed by atoms with E-state index in [9.17, 15) is 14.0 Å². The number of amides is 1. The second-order valence-corrected chi connectivity index (χ2v) is 11.4. The van der Waals surface area contributed by atoms with Crippen LogP contribution in [-0.4, -0.2) is 67.4 Å². The summed E-state index contributed by atoms with van der Waals surface area (Å²) in [5.74, 6) is -0.0185. The maximum atomic E-state index is 15.0. The summed E-state index contributed by atoms with van der Waals surface area (Å²) in [5, 5.41) is 15.2. The van der Waals surface area contributed by atoms with Crippen molar-refractivity contribution in [3.05, 3.63) is 35.9 Å². The Hall–Kier alpha value is -3.78. The third-order valence-electron chi connectivity index (χ3n) is 7.61. The number of alkyl halides is 1. The smallest absolute Gasteiger partial charge is 0.407 e. The number of halogens is 1. The third-order valence-corrected chi connectivity index (χ3v) is 7.61. The number of aromatic nitrogens is 5. The van der Waals surface area contributed by atoms with Gasteiger partial charge >= 0.3 is 12.1 Å². The van der Waals surface area contributed by atoms with Crippen molar-refractivity contribution < 1.29 is 28.2 Å². The number of anilines is 2. The van der Waals surface area contributed by atoms with E-state index >= 15 is 0 Å². The lowest BCUT2D eigenvalue weighted by Gasteiger charge is -2.17. The van der Waals surface area contributed by atoms with Crippen LogP contribution in [0.5, 0.6) is 0 Å². The summed E-state index contributed by atoms with van der Waals surface area (Å²) >= 11 is 0. The van der Waals surface area contributed by atoms with Crippen LogP contribution in [-0.2, 0) is 32.3 Å². The fraction of sp³-hybridized carbons (Fsp3) is 0.593. The molecule has 2 saturated carbocycles. The quantitative estimate of drug-likeness (QED) is 0.291. The summed E-state index contributed by atoms with van der Waals surface area (Å²) < 4.78 is 34.2. The highest BCUT2D eigenvalue weighted by atomic mass is 19.1. The fourth-order valence-electron chi connectivity index (χ4n) is 4.77. The number of nitrogens with zero attached hydrogens (tertiary/aromatic N) is 5. The number of esters is 1. The summed E-state index contributed by atoms with van der Waals surface area (Å²) in [5.41, 5.74) is 7.68. The van der Waals surface area contributed by atoms with E-state index in [0.717, 1.165) is 18.5 Å². The number of rotatable bonds is 11. The Morgan fingerprint density at radius 1 is 1.24 bits per heavy atom. The predicted molar refractivity (Wildman–Crippen MR) is 146 cm³/mol. The molecule has 0 unspecified atom stereocenters. The minimum atomic E-state index is -1.33. The Morgan fingerprint density at radius 3 is 2.73 bits per heavy atom. The van der Waals surface area contributed by atoms with Crippen LogP contribution < -0.4 is 16.4 Å². The average Bonchev–Trinajstić information content (AvgIpc) is 3.23. The zero-order valence-corrected chi connectivity index (χ0v) is 23.7. The van der Waals surface area contributed by atoms with Crippen LogP contribution in [0.15, 0.2) is 24.5 Å². The van der Waals surface area contributed by atoms with Crippen molar-refractivity contribution in [1.29, 1.82) is 0 Å². The van der Waals surface area contributed by atoms with Crippen molar-refractivity contribution in [3.63, 3.8) is 0 Å². The molecule has 1 amide bonds. The summed E-state index contributed by atoms with van der Waals surface area (Å²) in [6, 6.07) is 2.83. The van der Waals surface area contributed by atoms with Crippen LogP contribution in [0.4, 0.5) is 20.8 Å². The highest BCUT2D eigenvalue weighted by Gasteiger charge is 2.43. The highest BCUT2D eigenvalue weighted by molar-refractivity contribution is 5.76. The number of alkyl carbamates (subject to hydrolysis) is 1. The third kappa shape index (κ3) is 6.59. The number of ether oxygens (including phenoxy) is 3. The first-order valence-corrected chi connectivity index (χ1v) is 13.8. The SMILES string of the molecule is COCc1cc2c(Nc3cc([C@H]4C[C@@H](F)[C@@H](OC(=O)NC5(C)CC5)C4)nn3COC(=O)[C@@H](N)C(C)C)nccn2n1. The molecule has 0 bridgehead atoms. The minimum absolute atomic E-state index is 0.102. The molecule has 2 aliphatic carbocycles. The highest BCUT2D eigenvalue weighted by Crippen LogP contribution is 2.39. The number of hydrogen-bond acceptors (Lipinski definition) is 10. The molecule has 0 spiro atoms. The van der Waals surface area contributed by atoms with Gasteiger partial charge in [0.15, 0.2) is 12.5 Å². The Kier molecular flexibility index (Phi) is 8.13. The Morgan fingerprint density at radius 2 is 2.02 bits per heavy atom. The van der Waals surface area contributed by atoms with E-state index in [4.69, 9.17) is 19.9 Å². The van der Waals surface area contributed by atoms with Gasteiger partial charge in [0.2, 0.25) is 0 Å². The molecule has 0 saturated heterocycles. The Labute approximate surface area is 236 Å². The normalized spacial score (nSPS) is 22.1. The molecule has 4 N–H and O–H groups in total. The Bertz CT molecular complexity index is 1400. The van der Waals surface area contributed by atoms with E-state index < -0.39 is 30.4 Å². The lowest BCUT2D eigenvalue weighted by molar-refractivity contribution is -0.150. The molecule has 222 valence electrons. The molecular weight excluding hydrogens is 535 g/mol. The fourth-order valence-corrected chi connectivity index (χ4v) is 4.77. The van der Waals surface area contributed by atoms with Crippen LogP contribution in [0.3, 0.4) is 0 Å². The first-order chi connectivity index (χ1) is 19.5. The van der Waals surface area contributed by atoms with E-state index in [-0.39, 0.29) is 36.9 Å². The molecule has 2 aliphatic rings. The van der Waals surface area contributed by atoms with Crippen LogP contribution in [0, 0.1) is 5.92 Å². The Balaban J connectivity index is 1.36. The number of hydrogen-bond donors (Lipinski definition) is 3. The van der Waals surface area contributed by atoms with Crippen molar-refractivity contribution in [2.45, 2.75) is 89.6 Å². The van der Waals surface area contributed by atoms with Gasteiger partial charge in [-0.1, -0.05) is 13.8 Å². The molecule has 0 aliphatic heterocycles. The van der Waals surface area contributed by atoms with Crippen molar-refractivity contribution in [3.8, 4) is 0 Å². The average molecular weight is 573 g/mol. The van der Waals surface area contributed by atoms with Gasteiger partial charge < -0.3 is 30.6 Å².